The highest BCUT2D eigenvalue weighted by Crippen LogP contribution is 2.42. The minimum Gasteiger partial charge on any atom is -0.497 e. The number of nitrogens with zero attached hydrogens (tertiary/aromatic N) is 3. The molecule has 0 N–H and O–H groups in total. The van der Waals surface area contributed by atoms with Crippen molar-refractivity contribution in [2.45, 2.75) is 16.7 Å². The van der Waals surface area contributed by atoms with Crippen LogP contribution < -0.4 is 14.4 Å². The van der Waals surface area contributed by atoms with E-state index in [1.807, 2.05) is 30.3 Å². The minimum absolute atomic E-state index is 0.102. The van der Waals surface area contributed by atoms with Gasteiger partial charge < -0.3 is 14.2 Å². The zero-order valence-corrected chi connectivity index (χ0v) is 29.9. The van der Waals surface area contributed by atoms with Crippen molar-refractivity contribution >= 4 is 64.2 Å². The van der Waals surface area contributed by atoms with Crippen LogP contribution in [-0.4, -0.2) is 54.6 Å². The highest BCUT2D eigenvalue weighted by Gasteiger charge is 2.41. The molecular formula is C39H27Cl2N3O7S. The van der Waals surface area contributed by atoms with Gasteiger partial charge in [0.1, 0.15) is 22.6 Å². The normalized spacial score (nSPS) is 13.8. The highest BCUT2D eigenvalue weighted by atomic mass is 35.5. The van der Waals surface area contributed by atoms with Crippen LogP contribution in [0.15, 0.2) is 102 Å². The van der Waals surface area contributed by atoms with E-state index in [1.165, 1.54) is 56.7 Å². The Morgan fingerprint density at radius 1 is 0.923 bits per heavy atom. The maximum absolute atomic E-state index is 13.8. The molecule has 0 radical (unpaired) electrons. The standard InChI is InChI=1S/C39H27Cl2N3O7S/c1-49-26-13-15-34(50-2)29(17-26)28-18-32(22-6-4-3-5-7-22)43-37(30(28)20-42)52-35-19-36(46)44(38(35)47)25-11-8-23(9-12-25)39(48)51-21-33(45)27-14-10-24(40)16-31(27)41/h3-18,35H,19,21H2,1-2H3. The summed E-state index contributed by atoms with van der Waals surface area (Å²) in [6.07, 6.45) is -0.150. The fourth-order valence-electron chi connectivity index (χ4n) is 5.57. The summed E-state index contributed by atoms with van der Waals surface area (Å²) in [4.78, 5) is 58.1. The third-order valence-corrected chi connectivity index (χ3v) is 9.87. The second-order valence-electron chi connectivity index (χ2n) is 11.3. The number of pyridine rings is 1. The third-order valence-electron chi connectivity index (χ3n) is 8.15. The lowest BCUT2D eigenvalue weighted by atomic mass is 9.98. The second-order valence-corrected chi connectivity index (χ2v) is 13.4. The lowest BCUT2D eigenvalue weighted by Gasteiger charge is -2.17. The van der Waals surface area contributed by atoms with Gasteiger partial charge in [-0.25, -0.2) is 14.7 Å². The molecule has 4 aromatic carbocycles. The van der Waals surface area contributed by atoms with Crippen LogP contribution in [0.5, 0.6) is 11.5 Å². The Bertz CT molecular complexity index is 2260. The number of hydrogen-bond donors (Lipinski definition) is 0. The summed E-state index contributed by atoms with van der Waals surface area (Å²) < 4.78 is 16.3. The van der Waals surface area contributed by atoms with E-state index in [9.17, 15) is 24.4 Å². The van der Waals surface area contributed by atoms with Gasteiger partial charge in [-0.1, -0.05) is 65.3 Å². The van der Waals surface area contributed by atoms with Crippen molar-refractivity contribution in [1.29, 1.82) is 5.26 Å². The van der Waals surface area contributed by atoms with Crippen LogP contribution in [0.3, 0.4) is 0 Å². The Kier molecular flexibility index (Phi) is 10.9. The molecule has 1 aliphatic heterocycles. The molecule has 10 nitrogen and oxygen atoms in total. The van der Waals surface area contributed by atoms with Crippen molar-refractivity contribution in [2.75, 3.05) is 25.7 Å². The molecule has 2 amide bonds. The number of anilines is 1. The number of amides is 2. The number of imide groups is 1. The van der Waals surface area contributed by atoms with E-state index in [-0.39, 0.29) is 38.8 Å². The minimum atomic E-state index is -0.895. The summed E-state index contributed by atoms with van der Waals surface area (Å²) in [5.74, 6) is -1.21. The number of halogens is 2. The highest BCUT2D eigenvalue weighted by molar-refractivity contribution is 8.00. The largest absolute Gasteiger partial charge is 0.497 e. The number of ether oxygens (including phenoxy) is 3. The number of nitriles is 1. The third kappa shape index (κ3) is 7.50. The van der Waals surface area contributed by atoms with Crippen molar-refractivity contribution in [2.24, 2.45) is 0 Å². The first-order valence-corrected chi connectivity index (χ1v) is 17.3. The fraction of sp³-hybridized carbons (Fsp3) is 0.128. The first kappa shape index (κ1) is 36.1. The number of benzene rings is 4. The molecule has 52 heavy (non-hydrogen) atoms. The van der Waals surface area contributed by atoms with Gasteiger partial charge in [-0.05, 0) is 66.7 Å². The van der Waals surface area contributed by atoms with Gasteiger partial charge in [0.15, 0.2) is 6.61 Å². The molecule has 1 fully saturated rings. The van der Waals surface area contributed by atoms with E-state index in [2.05, 4.69) is 6.07 Å². The monoisotopic (exact) mass is 751 g/mol. The van der Waals surface area contributed by atoms with Gasteiger partial charge in [0.2, 0.25) is 17.6 Å². The van der Waals surface area contributed by atoms with Gasteiger partial charge >= 0.3 is 5.97 Å². The first-order chi connectivity index (χ1) is 25.1. The van der Waals surface area contributed by atoms with Gasteiger partial charge in [0, 0.05) is 33.7 Å². The van der Waals surface area contributed by atoms with Crippen LogP contribution >= 0.6 is 35.0 Å². The number of thioether (sulfide) groups is 1. The molecule has 1 saturated heterocycles. The predicted molar refractivity (Wildman–Crippen MR) is 197 cm³/mol. The number of carbonyl (C=O) groups is 4. The summed E-state index contributed by atoms with van der Waals surface area (Å²) in [5.41, 5.74) is 3.15. The number of ketones is 1. The number of carbonyl (C=O) groups excluding carboxylic acids is 4. The van der Waals surface area contributed by atoms with Crippen LogP contribution in [0, 0.1) is 11.3 Å². The van der Waals surface area contributed by atoms with Crippen molar-refractivity contribution in [3.05, 3.63) is 124 Å². The molecule has 1 unspecified atom stereocenters. The maximum atomic E-state index is 13.8. The summed E-state index contributed by atoms with van der Waals surface area (Å²) in [5, 5.41) is 10.3. The van der Waals surface area contributed by atoms with E-state index in [0.29, 0.717) is 33.3 Å². The molecule has 0 bridgehead atoms. The molecule has 5 aromatic rings. The van der Waals surface area contributed by atoms with Crippen molar-refractivity contribution in [3.8, 4) is 40.0 Å². The van der Waals surface area contributed by atoms with Crippen LogP contribution in [-0.2, 0) is 14.3 Å². The van der Waals surface area contributed by atoms with E-state index in [1.54, 1.807) is 24.3 Å². The van der Waals surface area contributed by atoms with Crippen molar-refractivity contribution in [1.82, 2.24) is 4.98 Å². The molecule has 13 heteroatoms. The Balaban J connectivity index is 1.24. The van der Waals surface area contributed by atoms with Gasteiger partial charge in [0.25, 0.3) is 0 Å². The molecule has 260 valence electrons. The number of esters is 1. The lowest BCUT2D eigenvalue weighted by Crippen LogP contribution is -2.31. The van der Waals surface area contributed by atoms with Crippen LogP contribution in [0.4, 0.5) is 5.69 Å². The number of aromatic nitrogens is 1. The Labute approximate surface area is 312 Å². The Morgan fingerprint density at radius 2 is 1.67 bits per heavy atom. The molecule has 1 atom stereocenters. The zero-order valence-electron chi connectivity index (χ0n) is 27.6. The molecular weight excluding hydrogens is 725 g/mol. The molecule has 2 heterocycles. The fourth-order valence-corrected chi connectivity index (χ4v) is 7.21. The van der Waals surface area contributed by atoms with Crippen LogP contribution in [0.2, 0.25) is 10.0 Å². The Morgan fingerprint density at radius 3 is 2.35 bits per heavy atom. The summed E-state index contributed by atoms with van der Waals surface area (Å²) in [7, 11) is 3.07. The zero-order chi connectivity index (χ0) is 36.9. The summed E-state index contributed by atoms with van der Waals surface area (Å²) in [6.45, 7) is -0.555. The molecule has 1 aliphatic rings. The average molecular weight is 753 g/mol. The number of methoxy groups -OCH3 is 2. The van der Waals surface area contributed by atoms with E-state index >= 15 is 0 Å². The van der Waals surface area contributed by atoms with Crippen molar-refractivity contribution < 1.29 is 33.4 Å². The van der Waals surface area contributed by atoms with E-state index in [0.717, 1.165) is 22.2 Å². The number of rotatable bonds is 11. The quantitative estimate of drug-likeness (QED) is 0.0740. The maximum Gasteiger partial charge on any atom is 0.338 e. The Hall–Kier alpha value is -5.67. The van der Waals surface area contributed by atoms with Gasteiger partial charge in [-0.15, -0.1) is 0 Å². The summed E-state index contributed by atoms with van der Waals surface area (Å²) in [6, 6.07) is 28.7. The number of Topliss-reactive ketones (excluding diaryl/α,β-unsaturated/α-hetero) is 1. The molecule has 6 rings (SSSR count). The SMILES string of the molecule is COc1ccc(OC)c(-c2cc(-c3ccccc3)nc(SC3CC(=O)N(c4ccc(C(=O)OCC(=O)c5ccc(Cl)cc5Cl)cc4)C3=O)c2C#N)c1. The summed E-state index contributed by atoms with van der Waals surface area (Å²) >= 11 is 13.0. The molecule has 1 aromatic heterocycles. The second kappa shape index (κ2) is 15.7. The van der Waals surface area contributed by atoms with Crippen LogP contribution in [0.25, 0.3) is 22.4 Å². The van der Waals surface area contributed by atoms with E-state index < -0.39 is 35.4 Å². The van der Waals surface area contributed by atoms with Gasteiger partial charge in [0.05, 0.1) is 47.0 Å². The van der Waals surface area contributed by atoms with Gasteiger partial charge in [-0.3, -0.25) is 14.4 Å². The van der Waals surface area contributed by atoms with E-state index in [4.69, 9.17) is 42.4 Å². The van der Waals surface area contributed by atoms with Crippen molar-refractivity contribution in [3.63, 3.8) is 0 Å². The molecule has 0 spiro atoms. The topological polar surface area (TPSA) is 136 Å². The average Bonchev–Trinajstić information content (AvgIpc) is 3.44. The molecule has 0 aliphatic carbocycles. The van der Waals surface area contributed by atoms with Gasteiger partial charge in [-0.2, -0.15) is 5.26 Å². The first-order valence-electron chi connectivity index (χ1n) is 15.6. The molecule has 0 saturated carbocycles. The smallest absolute Gasteiger partial charge is 0.338 e. The number of hydrogen-bond acceptors (Lipinski definition) is 10. The predicted octanol–water partition coefficient (Wildman–Crippen LogP) is 8.08. The van der Waals surface area contributed by atoms with Crippen LogP contribution in [0.1, 0.15) is 32.7 Å². The lowest BCUT2D eigenvalue weighted by molar-refractivity contribution is -0.121.